The quantitative estimate of drug-likeness (QED) is 0.471. The third kappa shape index (κ3) is 3.62. The molecule has 0 aliphatic heterocycles. The molecule has 2 aromatic heterocycles. The lowest BCUT2D eigenvalue weighted by molar-refractivity contribution is 0.0537. The molecule has 0 atom stereocenters. The largest absolute Gasteiger partial charge is 0.453 e. The SMILES string of the molecule is Cc1cc(NC(=O)c2ccc(COC(C)C)o2)c2ccc3ccccc3c2n1. The van der Waals surface area contributed by atoms with E-state index >= 15 is 0 Å². The van der Waals surface area contributed by atoms with E-state index in [0.717, 1.165) is 33.1 Å². The summed E-state index contributed by atoms with van der Waals surface area (Å²) < 4.78 is 11.1. The van der Waals surface area contributed by atoms with Crippen molar-refractivity contribution in [1.29, 1.82) is 0 Å². The summed E-state index contributed by atoms with van der Waals surface area (Å²) in [6.07, 6.45) is 0.100. The number of nitrogens with zero attached hydrogens (tertiary/aromatic N) is 1. The number of furan rings is 1. The second-order valence-electron chi connectivity index (χ2n) is 7.07. The number of nitrogens with one attached hydrogen (secondary N) is 1. The first kappa shape index (κ1) is 18.2. The van der Waals surface area contributed by atoms with E-state index in [1.54, 1.807) is 12.1 Å². The van der Waals surface area contributed by atoms with Crippen LogP contribution in [0.25, 0.3) is 21.7 Å². The van der Waals surface area contributed by atoms with Gasteiger partial charge in [-0.1, -0.05) is 36.4 Å². The molecule has 2 aromatic carbocycles. The van der Waals surface area contributed by atoms with Gasteiger partial charge in [-0.15, -0.1) is 0 Å². The van der Waals surface area contributed by atoms with E-state index in [0.29, 0.717) is 12.4 Å². The van der Waals surface area contributed by atoms with Crippen molar-refractivity contribution in [2.24, 2.45) is 0 Å². The fourth-order valence-corrected chi connectivity index (χ4v) is 3.20. The summed E-state index contributed by atoms with van der Waals surface area (Å²) in [7, 11) is 0. The lowest BCUT2D eigenvalue weighted by Gasteiger charge is -2.11. The Hall–Kier alpha value is -3.18. The van der Waals surface area contributed by atoms with Gasteiger partial charge in [0.1, 0.15) is 12.4 Å². The standard InChI is InChI=1S/C23H22N2O3/c1-14(2)27-13-17-9-11-21(28-17)23(26)25-20-12-15(3)24-22-18-7-5-4-6-16(18)8-10-19(20)22/h4-12,14H,13H2,1-3H3,(H,24,25,26). The van der Waals surface area contributed by atoms with Gasteiger partial charge in [0.05, 0.1) is 17.3 Å². The minimum atomic E-state index is -0.296. The van der Waals surface area contributed by atoms with E-state index in [1.807, 2.05) is 57.2 Å². The number of rotatable bonds is 5. The maximum Gasteiger partial charge on any atom is 0.291 e. The van der Waals surface area contributed by atoms with Gasteiger partial charge in [0.25, 0.3) is 5.91 Å². The van der Waals surface area contributed by atoms with Gasteiger partial charge < -0.3 is 14.5 Å². The third-order valence-corrected chi connectivity index (χ3v) is 4.52. The van der Waals surface area contributed by atoms with Gasteiger partial charge in [-0.05, 0) is 44.4 Å². The molecule has 4 rings (SSSR count). The lowest BCUT2D eigenvalue weighted by Crippen LogP contribution is -2.12. The van der Waals surface area contributed by atoms with Crippen LogP contribution < -0.4 is 5.32 Å². The molecular weight excluding hydrogens is 352 g/mol. The Morgan fingerprint density at radius 2 is 1.93 bits per heavy atom. The third-order valence-electron chi connectivity index (χ3n) is 4.52. The van der Waals surface area contributed by atoms with Gasteiger partial charge in [0.15, 0.2) is 5.76 Å². The highest BCUT2D eigenvalue weighted by Crippen LogP contribution is 2.30. The summed E-state index contributed by atoms with van der Waals surface area (Å²) in [5, 5.41) is 6.04. The van der Waals surface area contributed by atoms with Crippen molar-refractivity contribution in [3.05, 3.63) is 71.8 Å². The smallest absolute Gasteiger partial charge is 0.291 e. The zero-order chi connectivity index (χ0) is 19.7. The summed E-state index contributed by atoms with van der Waals surface area (Å²) in [6, 6.07) is 17.4. The Morgan fingerprint density at radius 3 is 2.75 bits per heavy atom. The molecule has 0 radical (unpaired) electrons. The van der Waals surface area contributed by atoms with Crippen LogP contribution in [-0.4, -0.2) is 17.0 Å². The number of carbonyl (C=O) groups is 1. The number of hydrogen-bond donors (Lipinski definition) is 1. The molecule has 1 amide bonds. The molecule has 2 heterocycles. The molecule has 4 aromatic rings. The number of benzene rings is 2. The molecule has 0 fully saturated rings. The van der Waals surface area contributed by atoms with E-state index in [2.05, 4.69) is 11.4 Å². The van der Waals surface area contributed by atoms with Crippen LogP contribution in [0.2, 0.25) is 0 Å². The summed E-state index contributed by atoms with van der Waals surface area (Å²) in [6.45, 7) is 6.17. The number of hydrogen-bond acceptors (Lipinski definition) is 4. The maximum absolute atomic E-state index is 12.7. The molecule has 1 N–H and O–H groups in total. The molecule has 5 nitrogen and oxygen atoms in total. The summed E-state index contributed by atoms with van der Waals surface area (Å²) in [5.41, 5.74) is 2.43. The number of amides is 1. The summed E-state index contributed by atoms with van der Waals surface area (Å²) >= 11 is 0. The number of pyridine rings is 1. The minimum absolute atomic E-state index is 0.100. The van der Waals surface area contributed by atoms with Gasteiger partial charge in [0, 0.05) is 16.5 Å². The lowest BCUT2D eigenvalue weighted by atomic mass is 10.0. The molecule has 0 saturated carbocycles. The van der Waals surface area contributed by atoms with Crippen LogP contribution in [0.3, 0.4) is 0 Å². The first-order chi connectivity index (χ1) is 13.5. The Balaban J connectivity index is 1.66. The van der Waals surface area contributed by atoms with Crippen LogP contribution in [0, 0.1) is 6.92 Å². The average molecular weight is 374 g/mol. The van der Waals surface area contributed by atoms with E-state index in [9.17, 15) is 4.79 Å². The number of anilines is 1. The fraction of sp³-hybridized carbons (Fsp3) is 0.217. The molecule has 0 aliphatic carbocycles. The zero-order valence-electron chi connectivity index (χ0n) is 16.2. The van der Waals surface area contributed by atoms with Crippen molar-refractivity contribution in [3.63, 3.8) is 0 Å². The molecule has 0 saturated heterocycles. The van der Waals surface area contributed by atoms with Crippen molar-refractivity contribution in [3.8, 4) is 0 Å². The highest BCUT2D eigenvalue weighted by Gasteiger charge is 2.15. The number of aromatic nitrogens is 1. The topological polar surface area (TPSA) is 64.4 Å². The highest BCUT2D eigenvalue weighted by atomic mass is 16.5. The summed E-state index contributed by atoms with van der Waals surface area (Å²) in [4.78, 5) is 17.4. The molecule has 5 heteroatoms. The van der Waals surface area contributed by atoms with Crippen molar-refractivity contribution >= 4 is 33.3 Å². The second-order valence-corrected chi connectivity index (χ2v) is 7.07. The molecule has 0 aliphatic rings. The fourth-order valence-electron chi connectivity index (χ4n) is 3.20. The molecule has 0 bridgehead atoms. The number of ether oxygens (including phenoxy) is 1. The van der Waals surface area contributed by atoms with E-state index < -0.39 is 0 Å². The molecule has 142 valence electrons. The van der Waals surface area contributed by atoms with E-state index in [1.165, 1.54) is 0 Å². The molecule has 0 unspecified atom stereocenters. The summed E-state index contributed by atoms with van der Waals surface area (Å²) in [5.74, 6) is 0.585. The first-order valence-corrected chi connectivity index (χ1v) is 9.32. The van der Waals surface area contributed by atoms with Crippen molar-refractivity contribution in [2.75, 3.05) is 5.32 Å². The second kappa shape index (κ2) is 7.44. The minimum Gasteiger partial charge on any atom is -0.453 e. The number of fused-ring (bicyclic) bond motifs is 3. The zero-order valence-corrected chi connectivity index (χ0v) is 16.2. The normalized spacial score (nSPS) is 11.4. The number of carbonyl (C=O) groups excluding carboxylic acids is 1. The van der Waals surface area contributed by atoms with Gasteiger partial charge in [-0.2, -0.15) is 0 Å². The molecule has 0 spiro atoms. The van der Waals surface area contributed by atoms with Crippen LogP contribution in [0.1, 0.15) is 35.9 Å². The maximum atomic E-state index is 12.7. The molecule has 28 heavy (non-hydrogen) atoms. The molecular formula is C23H22N2O3. The van der Waals surface area contributed by atoms with Crippen molar-refractivity contribution in [2.45, 2.75) is 33.5 Å². The van der Waals surface area contributed by atoms with Crippen LogP contribution >= 0.6 is 0 Å². The van der Waals surface area contributed by atoms with Crippen LogP contribution in [0.5, 0.6) is 0 Å². The monoisotopic (exact) mass is 374 g/mol. The highest BCUT2D eigenvalue weighted by molar-refractivity contribution is 6.13. The van der Waals surface area contributed by atoms with Crippen molar-refractivity contribution < 1.29 is 13.9 Å². The van der Waals surface area contributed by atoms with Crippen LogP contribution in [0.15, 0.2) is 59.0 Å². The number of aryl methyl sites for hydroxylation is 1. The Labute approximate surface area is 163 Å². The first-order valence-electron chi connectivity index (χ1n) is 9.32. The predicted octanol–water partition coefficient (Wildman–Crippen LogP) is 5.47. The van der Waals surface area contributed by atoms with Crippen LogP contribution in [-0.2, 0) is 11.3 Å². The average Bonchev–Trinajstić information content (AvgIpc) is 3.15. The van der Waals surface area contributed by atoms with Gasteiger partial charge in [0.2, 0.25) is 0 Å². The predicted molar refractivity (Wildman–Crippen MR) is 111 cm³/mol. The van der Waals surface area contributed by atoms with Gasteiger partial charge in [-0.3, -0.25) is 9.78 Å². The van der Waals surface area contributed by atoms with Crippen molar-refractivity contribution in [1.82, 2.24) is 4.98 Å². The Bertz CT molecular complexity index is 1160. The van der Waals surface area contributed by atoms with E-state index in [-0.39, 0.29) is 17.8 Å². The van der Waals surface area contributed by atoms with E-state index in [4.69, 9.17) is 14.1 Å². The Kier molecular flexibility index (Phi) is 4.84. The Morgan fingerprint density at radius 1 is 1.11 bits per heavy atom. The van der Waals surface area contributed by atoms with Gasteiger partial charge >= 0.3 is 0 Å². The van der Waals surface area contributed by atoms with Gasteiger partial charge in [-0.25, -0.2) is 0 Å². The van der Waals surface area contributed by atoms with Crippen LogP contribution in [0.4, 0.5) is 5.69 Å².